The largest absolute Gasteiger partial charge is 0.300 e. The second-order valence-electron chi connectivity index (χ2n) is 7.82. The zero-order valence-electron chi connectivity index (χ0n) is 18.3. The summed E-state index contributed by atoms with van der Waals surface area (Å²) in [4.78, 5) is 30.3. The third kappa shape index (κ3) is 3.85. The Hall–Kier alpha value is -4.69. The van der Waals surface area contributed by atoms with E-state index in [1.807, 2.05) is 85.1 Å². The van der Waals surface area contributed by atoms with E-state index in [2.05, 4.69) is 10.1 Å². The second kappa shape index (κ2) is 8.58. The van der Waals surface area contributed by atoms with Crippen LogP contribution in [0.15, 0.2) is 107 Å². The number of para-hydroxylation sites is 1. The van der Waals surface area contributed by atoms with Crippen LogP contribution < -0.4 is 15.7 Å². The molecule has 8 heteroatoms. The number of nitrogens with zero attached hydrogens (tertiary/aromatic N) is 5. The molecule has 168 valence electrons. The third-order valence-corrected chi connectivity index (χ3v) is 6.49. The fourth-order valence-electron chi connectivity index (χ4n) is 3.85. The standard InChI is InChI=1S/C27H17N5O2S/c33-25-24(19-12-6-2-7-13-19)30-32-26(34)22(35-27(32)28-25)16-20-17-31(21-14-8-3-9-15-21)29-23(20)18-10-4-1-5-11-18/h1-17H/b22-16-. The van der Waals surface area contributed by atoms with E-state index in [0.29, 0.717) is 10.1 Å². The summed E-state index contributed by atoms with van der Waals surface area (Å²) >= 11 is 1.13. The molecule has 0 N–H and O–H groups in total. The van der Waals surface area contributed by atoms with Gasteiger partial charge in [0.1, 0.15) is 0 Å². The smallest absolute Gasteiger partial charge is 0.266 e. The summed E-state index contributed by atoms with van der Waals surface area (Å²) in [6.45, 7) is 0. The van der Waals surface area contributed by atoms with Crippen LogP contribution in [-0.2, 0) is 0 Å². The van der Waals surface area contributed by atoms with Crippen molar-refractivity contribution >= 4 is 22.4 Å². The molecule has 0 saturated carbocycles. The molecule has 0 spiro atoms. The zero-order chi connectivity index (χ0) is 23.8. The van der Waals surface area contributed by atoms with Gasteiger partial charge in [0, 0.05) is 22.9 Å². The first-order valence-electron chi connectivity index (χ1n) is 10.9. The molecule has 0 bridgehead atoms. The molecule has 0 radical (unpaired) electrons. The molecule has 3 aromatic heterocycles. The molecule has 0 aliphatic heterocycles. The molecule has 0 unspecified atom stereocenters. The number of hydrogen-bond acceptors (Lipinski definition) is 6. The van der Waals surface area contributed by atoms with E-state index in [-0.39, 0.29) is 16.2 Å². The van der Waals surface area contributed by atoms with E-state index in [4.69, 9.17) is 5.10 Å². The van der Waals surface area contributed by atoms with Crippen LogP contribution in [0, 0.1) is 0 Å². The van der Waals surface area contributed by atoms with Gasteiger partial charge in [0.25, 0.3) is 5.56 Å². The highest BCUT2D eigenvalue weighted by atomic mass is 32.1. The molecule has 3 heterocycles. The molecule has 3 aromatic carbocycles. The molecule has 35 heavy (non-hydrogen) atoms. The lowest BCUT2D eigenvalue weighted by Gasteiger charge is -2.00. The number of fused-ring (bicyclic) bond motifs is 1. The summed E-state index contributed by atoms with van der Waals surface area (Å²) in [5.74, 6) is 0. The highest BCUT2D eigenvalue weighted by Crippen LogP contribution is 2.24. The van der Waals surface area contributed by atoms with Crippen LogP contribution in [0.4, 0.5) is 0 Å². The van der Waals surface area contributed by atoms with Crippen molar-refractivity contribution in [2.75, 3.05) is 0 Å². The van der Waals surface area contributed by atoms with E-state index in [1.165, 1.54) is 4.52 Å². The SMILES string of the molecule is O=c1nc2s/c(=C\c3cn(-c4ccccc4)nc3-c3ccccc3)c(=O)n2nc1-c1ccccc1. The molecule has 6 aromatic rings. The Bertz CT molecular complexity index is 1830. The minimum Gasteiger partial charge on any atom is -0.266 e. The molecular formula is C27H17N5O2S. The van der Waals surface area contributed by atoms with Crippen LogP contribution in [0.1, 0.15) is 5.56 Å². The molecule has 0 aliphatic rings. The summed E-state index contributed by atoms with van der Waals surface area (Å²) < 4.78 is 3.41. The van der Waals surface area contributed by atoms with E-state index >= 15 is 0 Å². The number of thiazole rings is 1. The number of rotatable bonds is 4. The van der Waals surface area contributed by atoms with Crippen molar-refractivity contribution in [2.24, 2.45) is 0 Å². The molecule has 7 nitrogen and oxygen atoms in total. The van der Waals surface area contributed by atoms with Crippen LogP contribution in [0.25, 0.3) is 39.2 Å². The first-order chi connectivity index (χ1) is 17.2. The predicted octanol–water partition coefficient (Wildman–Crippen LogP) is 3.58. The lowest BCUT2D eigenvalue weighted by atomic mass is 10.1. The van der Waals surface area contributed by atoms with Gasteiger partial charge in [0.15, 0.2) is 5.69 Å². The fourth-order valence-corrected chi connectivity index (χ4v) is 4.75. The maximum atomic E-state index is 13.3. The predicted molar refractivity (Wildman–Crippen MR) is 137 cm³/mol. The minimum absolute atomic E-state index is 0.145. The maximum Gasteiger partial charge on any atom is 0.300 e. The van der Waals surface area contributed by atoms with Gasteiger partial charge in [-0.2, -0.15) is 19.7 Å². The molecular weight excluding hydrogens is 458 g/mol. The molecule has 0 saturated heterocycles. The molecule has 0 aliphatic carbocycles. The van der Waals surface area contributed by atoms with Crippen molar-refractivity contribution in [3.63, 3.8) is 0 Å². The summed E-state index contributed by atoms with van der Waals surface area (Å²) in [7, 11) is 0. The van der Waals surface area contributed by atoms with Crippen LogP contribution in [0.5, 0.6) is 0 Å². The lowest BCUT2D eigenvalue weighted by Crippen LogP contribution is -2.26. The highest BCUT2D eigenvalue weighted by molar-refractivity contribution is 7.15. The fraction of sp³-hybridized carbons (Fsp3) is 0. The molecule has 6 rings (SSSR count). The third-order valence-electron chi connectivity index (χ3n) is 5.53. The first kappa shape index (κ1) is 20.9. The topological polar surface area (TPSA) is 82.1 Å². The lowest BCUT2D eigenvalue weighted by molar-refractivity contribution is 0.873. The summed E-state index contributed by atoms with van der Waals surface area (Å²) in [6, 6.07) is 28.6. The first-order valence-corrected chi connectivity index (χ1v) is 11.7. The molecule has 0 atom stereocenters. The van der Waals surface area contributed by atoms with Crippen molar-refractivity contribution < 1.29 is 0 Å². The average molecular weight is 476 g/mol. The maximum absolute atomic E-state index is 13.3. The Kier molecular flexibility index (Phi) is 5.12. The monoisotopic (exact) mass is 475 g/mol. The van der Waals surface area contributed by atoms with Crippen molar-refractivity contribution in [1.29, 1.82) is 0 Å². The Labute approximate surface area is 202 Å². The van der Waals surface area contributed by atoms with Crippen molar-refractivity contribution in [2.45, 2.75) is 0 Å². The average Bonchev–Trinajstić information content (AvgIpc) is 3.46. The van der Waals surface area contributed by atoms with Gasteiger partial charge in [-0.1, -0.05) is 90.2 Å². The van der Waals surface area contributed by atoms with Gasteiger partial charge in [0.2, 0.25) is 4.96 Å². The van der Waals surface area contributed by atoms with E-state index in [0.717, 1.165) is 33.8 Å². The van der Waals surface area contributed by atoms with Gasteiger partial charge in [-0.25, -0.2) is 4.68 Å². The summed E-state index contributed by atoms with van der Waals surface area (Å²) in [5, 5.41) is 9.14. The van der Waals surface area contributed by atoms with Crippen LogP contribution in [0.2, 0.25) is 0 Å². The van der Waals surface area contributed by atoms with Gasteiger partial charge in [-0.15, -0.1) is 0 Å². The quantitative estimate of drug-likeness (QED) is 0.389. The second-order valence-corrected chi connectivity index (χ2v) is 8.83. The van der Waals surface area contributed by atoms with Crippen molar-refractivity contribution in [3.8, 4) is 28.2 Å². The molecule has 0 fully saturated rings. The zero-order valence-corrected chi connectivity index (χ0v) is 19.1. The Morgan fingerprint density at radius 3 is 1.97 bits per heavy atom. The number of benzene rings is 3. The van der Waals surface area contributed by atoms with Crippen LogP contribution >= 0.6 is 11.3 Å². The van der Waals surface area contributed by atoms with E-state index in [1.54, 1.807) is 22.9 Å². The highest BCUT2D eigenvalue weighted by Gasteiger charge is 2.15. The van der Waals surface area contributed by atoms with Gasteiger partial charge in [0.05, 0.1) is 15.9 Å². The number of hydrogen-bond donors (Lipinski definition) is 0. The van der Waals surface area contributed by atoms with Crippen LogP contribution in [-0.4, -0.2) is 24.4 Å². The van der Waals surface area contributed by atoms with Crippen molar-refractivity contribution in [1.82, 2.24) is 24.4 Å². The summed E-state index contributed by atoms with van der Waals surface area (Å²) in [6.07, 6.45) is 3.67. The minimum atomic E-state index is -0.467. The Morgan fingerprint density at radius 2 is 1.31 bits per heavy atom. The van der Waals surface area contributed by atoms with Crippen LogP contribution in [0.3, 0.4) is 0 Å². The van der Waals surface area contributed by atoms with Gasteiger partial charge in [-0.05, 0) is 18.2 Å². The van der Waals surface area contributed by atoms with Crippen molar-refractivity contribution in [3.05, 3.63) is 128 Å². The number of aromatic nitrogens is 5. The van der Waals surface area contributed by atoms with Gasteiger partial charge in [-0.3, -0.25) is 9.59 Å². The van der Waals surface area contributed by atoms with Gasteiger partial charge < -0.3 is 0 Å². The van der Waals surface area contributed by atoms with E-state index < -0.39 is 5.56 Å². The Morgan fingerprint density at radius 1 is 0.714 bits per heavy atom. The Balaban J connectivity index is 1.55. The molecule has 0 amide bonds. The normalized spacial score (nSPS) is 11.8. The summed E-state index contributed by atoms with van der Waals surface area (Å²) in [5.41, 5.74) is 3.31. The van der Waals surface area contributed by atoms with Gasteiger partial charge >= 0.3 is 5.56 Å². The van der Waals surface area contributed by atoms with E-state index in [9.17, 15) is 9.59 Å².